The van der Waals surface area contributed by atoms with Crippen LogP contribution in [-0.2, 0) is 21.2 Å². The van der Waals surface area contributed by atoms with Crippen molar-refractivity contribution < 1.29 is 13.2 Å². The lowest BCUT2D eigenvalue weighted by molar-refractivity contribution is 0.0904. The van der Waals surface area contributed by atoms with Gasteiger partial charge in [-0.05, 0) is 39.7 Å². The van der Waals surface area contributed by atoms with Gasteiger partial charge in [-0.3, -0.25) is 4.99 Å². The number of guanidine groups is 1. The minimum absolute atomic E-state index is 0.0375. The molecule has 0 aromatic heterocycles. The number of sulfonamides is 1. The Balaban J connectivity index is 1.88. The Morgan fingerprint density at radius 3 is 2.59 bits per heavy atom. The average Bonchev–Trinajstić information content (AvgIpc) is 2.67. The van der Waals surface area contributed by atoms with Gasteiger partial charge in [-0.1, -0.05) is 29.8 Å². The molecule has 1 aromatic rings. The van der Waals surface area contributed by atoms with Crippen LogP contribution in [0.1, 0.15) is 31.9 Å². The molecule has 1 aliphatic heterocycles. The lowest BCUT2D eigenvalue weighted by Crippen LogP contribution is -2.54. The van der Waals surface area contributed by atoms with Gasteiger partial charge < -0.3 is 15.0 Å². The van der Waals surface area contributed by atoms with Crippen LogP contribution in [0.15, 0.2) is 29.3 Å². The molecule has 1 N–H and O–H groups in total. The Kier molecular flexibility index (Phi) is 9.39. The third-order valence-corrected chi connectivity index (χ3v) is 6.64. The Morgan fingerprint density at radius 1 is 1.24 bits per heavy atom. The first-order valence-corrected chi connectivity index (χ1v) is 12.1. The highest BCUT2D eigenvalue weighted by atomic mass is 32.2. The zero-order chi connectivity index (χ0) is 21.3. The van der Waals surface area contributed by atoms with E-state index in [0.29, 0.717) is 32.7 Å². The molecule has 0 atom stereocenters. The molecule has 2 rings (SSSR count). The molecule has 1 aliphatic rings. The molecule has 1 saturated heterocycles. The van der Waals surface area contributed by atoms with Crippen molar-refractivity contribution in [3.8, 4) is 0 Å². The second-order valence-corrected chi connectivity index (χ2v) is 9.68. The first-order valence-electron chi connectivity index (χ1n) is 10.5. The van der Waals surface area contributed by atoms with Gasteiger partial charge in [0.25, 0.3) is 0 Å². The highest BCUT2D eigenvalue weighted by molar-refractivity contribution is 7.89. The smallest absolute Gasteiger partial charge is 0.216 e. The molecular formula is C21H36N4O3S. The molecule has 0 radical (unpaired) electrons. The van der Waals surface area contributed by atoms with Gasteiger partial charge in [-0.25, -0.2) is 8.42 Å². The lowest BCUT2D eigenvalue weighted by atomic mass is 10.1. The van der Waals surface area contributed by atoms with E-state index in [1.54, 1.807) is 4.31 Å². The van der Waals surface area contributed by atoms with Crippen molar-refractivity contribution in [1.29, 1.82) is 0 Å². The summed E-state index contributed by atoms with van der Waals surface area (Å²) in [4.78, 5) is 6.91. The SMILES string of the molecule is CCNC(=NCCc1cccc(C)c1)N1CCN(S(=O)(=O)CCOC(C)C)CC1. The maximum Gasteiger partial charge on any atom is 0.216 e. The van der Waals surface area contributed by atoms with E-state index < -0.39 is 10.0 Å². The molecule has 0 aliphatic carbocycles. The van der Waals surface area contributed by atoms with Crippen molar-refractivity contribution in [2.45, 2.75) is 40.2 Å². The molecule has 1 fully saturated rings. The zero-order valence-corrected chi connectivity index (χ0v) is 19.0. The third-order valence-electron chi connectivity index (χ3n) is 4.80. The molecular weight excluding hydrogens is 388 g/mol. The van der Waals surface area contributed by atoms with Gasteiger partial charge in [-0.2, -0.15) is 4.31 Å². The third kappa shape index (κ3) is 7.95. The number of nitrogens with zero attached hydrogens (tertiary/aromatic N) is 3. The Bertz CT molecular complexity index is 757. The summed E-state index contributed by atoms with van der Waals surface area (Å²) in [6.07, 6.45) is 0.932. The van der Waals surface area contributed by atoms with Crippen LogP contribution >= 0.6 is 0 Å². The van der Waals surface area contributed by atoms with Crippen molar-refractivity contribution in [2.75, 3.05) is 51.6 Å². The second-order valence-electron chi connectivity index (χ2n) is 7.60. The fourth-order valence-corrected chi connectivity index (χ4v) is 4.57. The van der Waals surface area contributed by atoms with Crippen molar-refractivity contribution in [2.24, 2.45) is 4.99 Å². The van der Waals surface area contributed by atoms with Crippen molar-refractivity contribution in [3.63, 3.8) is 0 Å². The molecule has 0 bridgehead atoms. The van der Waals surface area contributed by atoms with E-state index in [9.17, 15) is 8.42 Å². The molecule has 1 aromatic carbocycles. The monoisotopic (exact) mass is 424 g/mol. The number of benzene rings is 1. The van der Waals surface area contributed by atoms with E-state index >= 15 is 0 Å². The summed E-state index contributed by atoms with van der Waals surface area (Å²) in [7, 11) is -3.28. The van der Waals surface area contributed by atoms with E-state index in [1.165, 1.54) is 11.1 Å². The van der Waals surface area contributed by atoms with E-state index in [1.807, 2.05) is 20.8 Å². The van der Waals surface area contributed by atoms with E-state index in [4.69, 9.17) is 9.73 Å². The van der Waals surface area contributed by atoms with Gasteiger partial charge in [0.15, 0.2) is 5.96 Å². The van der Waals surface area contributed by atoms with Gasteiger partial charge >= 0.3 is 0 Å². The summed E-state index contributed by atoms with van der Waals surface area (Å²) in [5.74, 6) is 0.899. The van der Waals surface area contributed by atoms with Gasteiger partial charge in [0.1, 0.15) is 0 Å². The molecule has 164 valence electrons. The van der Waals surface area contributed by atoms with Crippen LogP contribution in [0.5, 0.6) is 0 Å². The average molecular weight is 425 g/mol. The highest BCUT2D eigenvalue weighted by Gasteiger charge is 2.27. The summed E-state index contributed by atoms with van der Waals surface area (Å²) in [6.45, 7) is 11.9. The number of piperazine rings is 1. The first kappa shape index (κ1) is 23.6. The fourth-order valence-electron chi connectivity index (χ4n) is 3.28. The van der Waals surface area contributed by atoms with Crippen molar-refractivity contribution in [1.82, 2.24) is 14.5 Å². The predicted molar refractivity (Wildman–Crippen MR) is 119 cm³/mol. The molecule has 8 heteroatoms. The molecule has 29 heavy (non-hydrogen) atoms. The van der Waals surface area contributed by atoms with Crippen LogP contribution in [-0.4, -0.2) is 81.3 Å². The zero-order valence-electron chi connectivity index (χ0n) is 18.2. The van der Waals surface area contributed by atoms with E-state index in [2.05, 4.69) is 41.4 Å². The van der Waals surface area contributed by atoms with Crippen LogP contribution in [0.2, 0.25) is 0 Å². The summed E-state index contributed by atoms with van der Waals surface area (Å²) in [5.41, 5.74) is 2.54. The van der Waals surface area contributed by atoms with E-state index in [-0.39, 0.29) is 18.5 Å². The largest absolute Gasteiger partial charge is 0.378 e. The number of hydrogen-bond donors (Lipinski definition) is 1. The number of aryl methyl sites for hydroxylation is 1. The van der Waals surface area contributed by atoms with Crippen molar-refractivity contribution >= 4 is 16.0 Å². The van der Waals surface area contributed by atoms with E-state index in [0.717, 1.165) is 18.9 Å². The maximum atomic E-state index is 12.5. The maximum absolute atomic E-state index is 12.5. The molecule has 1 heterocycles. The highest BCUT2D eigenvalue weighted by Crippen LogP contribution is 2.10. The number of ether oxygens (including phenoxy) is 1. The van der Waals surface area contributed by atoms with Gasteiger partial charge in [-0.15, -0.1) is 0 Å². The van der Waals surface area contributed by atoms with Gasteiger partial charge in [0.2, 0.25) is 10.0 Å². The topological polar surface area (TPSA) is 74.2 Å². The summed E-state index contributed by atoms with van der Waals surface area (Å²) in [6, 6.07) is 8.49. The second kappa shape index (κ2) is 11.5. The Hall–Kier alpha value is -1.64. The van der Waals surface area contributed by atoms with Gasteiger partial charge in [0, 0.05) is 39.3 Å². The van der Waals surface area contributed by atoms with Crippen LogP contribution in [0.3, 0.4) is 0 Å². The standard InChI is InChI=1S/C21H36N4O3S/c1-5-22-21(23-10-9-20-8-6-7-19(4)17-20)24-11-13-25(14-12-24)29(26,27)16-15-28-18(2)3/h6-8,17-18H,5,9-16H2,1-4H3,(H,22,23). The molecule has 0 spiro atoms. The Morgan fingerprint density at radius 2 is 1.97 bits per heavy atom. The van der Waals surface area contributed by atoms with Crippen molar-refractivity contribution in [3.05, 3.63) is 35.4 Å². The number of nitrogens with one attached hydrogen (secondary N) is 1. The molecule has 0 saturated carbocycles. The lowest BCUT2D eigenvalue weighted by Gasteiger charge is -2.36. The minimum atomic E-state index is -3.28. The van der Waals surface area contributed by atoms with Crippen LogP contribution in [0.25, 0.3) is 0 Å². The molecule has 7 nitrogen and oxygen atoms in total. The molecule has 0 unspecified atom stereocenters. The summed E-state index contributed by atoms with van der Waals surface area (Å²) < 4.78 is 32.0. The Labute approximate surface area is 176 Å². The van der Waals surface area contributed by atoms with Gasteiger partial charge in [0.05, 0.1) is 18.5 Å². The quantitative estimate of drug-likeness (QED) is 0.484. The first-order chi connectivity index (χ1) is 13.8. The number of hydrogen-bond acceptors (Lipinski definition) is 4. The predicted octanol–water partition coefficient (Wildman–Crippen LogP) is 1.88. The number of aliphatic imine (C=N–C) groups is 1. The number of rotatable bonds is 9. The van der Waals surface area contributed by atoms with Crippen LogP contribution in [0.4, 0.5) is 0 Å². The minimum Gasteiger partial charge on any atom is -0.378 e. The normalized spacial score (nSPS) is 16.4. The van der Waals surface area contributed by atoms with Crippen LogP contribution in [0, 0.1) is 6.92 Å². The fraction of sp³-hybridized carbons (Fsp3) is 0.667. The summed E-state index contributed by atoms with van der Waals surface area (Å²) in [5, 5.41) is 3.34. The molecule has 0 amide bonds. The summed E-state index contributed by atoms with van der Waals surface area (Å²) >= 11 is 0. The van der Waals surface area contributed by atoms with Crippen LogP contribution < -0.4 is 5.32 Å².